The molecule has 1 aromatic carbocycles. The second kappa shape index (κ2) is 5.34. The van der Waals surface area contributed by atoms with E-state index in [1.807, 2.05) is 0 Å². The largest absolute Gasteiger partial charge is 0.330 e. The third-order valence-electron chi connectivity index (χ3n) is 3.13. The number of nitrogens with two attached hydrogens (primary N) is 1. The first-order chi connectivity index (χ1) is 8.54. The van der Waals surface area contributed by atoms with Crippen molar-refractivity contribution in [2.24, 2.45) is 5.73 Å². The van der Waals surface area contributed by atoms with Gasteiger partial charge in [0.05, 0.1) is 10.6 Å². The molecule has 1 aliphatic rings. The summed E-state index contributed by atoms with van der Waals surface area (Å²) in [7, 11) is -3.25. The van der Waals surface area contributed by atoms with E-state index in [1.165, 1.54) is 18.2 Å². The normalized spacial score (nSPS) is 21.6. The minimum atomic E-state index is -3.25. The number of fused-ring (bicyclic) bond motifs is 1. The van der Waals surface area contributed by atoms with Gasteiger partial charge in [-0.1, -0.05) is 0 Å². The van der Waals surface area contributed by atoms with Crippen molar-refractivity contribution in [3.8, 4) is 0 Å². The van der Waals surface area contributed by atoms with Crippen molar-refractivity contribution in [3.63, 3.8) is 0 Å². The van der Waals surface area contributed by atoms with Gasteiger partial charge in [0.15, 0.2) is 9.84 Å². The maximum absolute atomic E-state index is 13.3. The van der Waals surface area contributed by atoms with E-state index in [4.69, 9.17) is 5.73 Å². The van der Waals surface area contributed by atoms with Crippen LogP contribution < -0.4 is 11.1 Å². The predicted octanol–water partition coefficient (Wildman–Crippen LogP) is 0.983. The third-order valence-corrected chi connectivity index (χ3v) is 4.94. The molecule has 1 aliphatic heterocycles. The van der Waals surface area contributed by atoms with Crippen molar-refractivity contribution in [1.29, 1.82) is 0 Å². The van der Waals surface area contributed by atoms with Gasteiger partial charge in [0.25, 0.3) is 0 Å². The van der Waals surface area contributed by atoms with Crippen LogP contribution in [-0.4, -0.2) is 27.3 Å². The Bertz CT molecular complexity index is 531. The van der Waals surface area contributed by atoms with Gasteiger partial charge in [0.2, 0.25) is 0 Å². The summed E-state index contributed by atoms with van der Waals surface area (Å²) >= 11 is 0. The van der Waals surface area contributed by atoms with Crippen LogP contribution in [0.5, 0.6) is 0 Å². The predicted molar refractivity (Wildman–Crippen MR) is 67.5 cm³/mol. The second-order valence-corrected chi connectivity index (χ2v) is 6.52. The van der Waals surface area contributed by atoms with Gasteiger partial charge in [-0.2, -0.15) is 0 Å². The first-order valence-electron chi connectivity index (χ1n) is 6.00. The van der Waals surface area contributed by atoms with Crippen LogP contribution in [0.3, 0.4) is 0 Å². The fraction of sp³-hybridized carbons (Fsp3) is 0.500. The Morgan fingerprint density at radius 2 is 2.22 bits per heavy atom. The Balaban J connectivity index is 2.30. The van der Waals surface area contributed by atoms with Crippen molar-refractivity contribution in [2.45, 2.75) is 23.8 Å². The third kappa shape index (κ3) is 2.71. The maximum atomic E-state index is 13.3. The van der Waals surface area contributed by atoms with Gasteiger partial charge >= 0.3 is 0 Å². The van der Waals surface area contributed by atoms with Crippen LogP contribution in [0.2, 0.25) is 0 Å². The standard InChI is InChI=1S/C12H17FN2O2S/c13-9-2-3-12-10(8-9)11(15-6-1-5-14)4-7-18(12,16)17/h2-3,8,11,15H,1,4-7,14H2. The van der Waals surface area contributed by atoms with Gasteiger partial charge in [-0.3, -0.25) is 0 Å². The lowest BCUT2D eigenvalue weighted by molar-refractivity contribution is 0.484. The Morgan fingerprint density at radius 1 is 1.44 bits per heavy atom. The van der Waals surface area contributed by atoms with E-state index < -0.39 is 15.7 Å². The van der Waals surface area contributed by atoms with Crippen LogP contribution in [0, 0.1) is 5.82 Å². The van der Waals surface area contributed by atoms with Crippen LogP contribution in [0.4, 0.5) is 4.39 Å². The fourth-order valence-electron chi connectivity index (χ4n) is 2.20. The molecule has 1 atom stereocenters. The molecule has 100 valence electrons. The average molecular weight is 272 g/mol. The van der Waals surface area contributed by atoms with Gasteiger partial charge in [-0.25, -0.2) is 12.8 Å². The monoisotopic (exact) mass is 272 g/mol. The molecule has 0 fully saturated rings. The molecule has 1 heterocycles. The Morgan fingerprint density at radius 3 is 2.94 bits per heavy atom. The highest BCUT2D eigenvalue weighted by Gasteiger charge is 2.30. The molecule has 0 aliphatic carbocycles. The lowest BCUT2D eigenvalue weighted by Crippen LogP contribution is -2.31. The molecule has 0 amide bonds. The average Bonchev–Trinajstić information content (AvgIpc) is 2.32. The topological polar surface area (TPSA) is 72.2 Å². The van der Waals surface area contributed by atoms with Crippen LogP contribution in [-0.2, 0) is 9.84 Å². The van der Waals surface area contributed by atoms with E-state index in [1.54, 1.807) is 0 Å². The van der Waals surface area contributed by atoms with E-state index in [0.717, 1.165) is 6.42 Å². The second-order valence-electron chi connectivity index (χ2n) is 4.44. The smallest absolute Gasteiger partial charge is 0.178 e. The molecule has 0 saturated carbocycles. The molecule has 0 saturated heterocycles. The van der Waals surface area contributed by atoms with Crippen molar-refractivity contribution < 1.29 is 12.8 Å². The van der Waals surface area contributed by atoms with Crippen LogP contribution in [0.15, 0.2) is 23.1 Å². The highest BCUT2D eigenvalue weighted by Crippen LogP contribution is 2.32. The first kappa shape index (κ1) is 13.5. The highest BCUT2D eigenvalue weighted by atomic mass is 32.2. The summed E-state index contributed by atoms with van der Waals surface area (Å²) in [5.74, 6) is -0.303. The number of hydrogen-bond donors (Lipinski definition) is 2. The van der Waals surface area contributed by atoms with Crippen LogP contribution in [0.1, 0.15) is 24.4 Å². The lowest BCUT2D eigenvalue weighted by atomic mass is 10.0. The molecule has 18 heavy (non-hydrogen) atoms. The molecule has 0 spiro atoms. The number of rotatable bonds is 4. The van der Waals surface area contributed by atoms with Crippen molar-refractivity contribution in [2.75, 3.05) is 18.8 Å². The Hall–Kier alpha value is -0.980. The van der Waals surface area contributed by atoms with Gasteiger partial charge in [-0.05, 0) is 49.7 Å². The zero-order valence-electron chi connectivity index (χ0n) is 10.0. The van der Waals surface area contributed by atoms with Gasteiger partial charge < -0.3 is 11.1 Å². The zero-order chi connectivity index (χ0) is 13.2. The molecule has 1 aromatic rings. The van der Waals surface area contributed by atoms with E-state index in [0.29, 0.717) is 25.1 Å². The van der Waals surface area contributed by atoms with E-state index in [2.05, 4.69) is 5.32 Å². The highest BCUT2D eigenvalue weighted by molar-refractivity contribution is 7.91. The van der Waals surface area contributed by atoms with Crippen LogP contribution >= 0.6 is 0 Å². The molecule has 0 bridgehead atoms. The summed E-state index contributed by atoms with van der Waals surface area (Å²) in [6, 6.07) is 3.76. The summed E-state index contributed by atoms with van der Waals surface area (Å²) < 4.78 is 37.0. The summed E-state index contributed by atoms with van der Waals surface area (Å²) in [5, 5.41) is 3.23. The minimum absolute atomic E-state index is 0.103. The number of sulfone groups is 1. The zero-order valence-corrected chi connectivity index (χ0v) is 10.8. The Labute approximate surface area is 106 Å². The maximum Gasteiger partial charge on any atom is 0.178 e. The lowest BCUT2D eigenvalue weighted by Gasteiger charge is -2.26. The molecule has 3 N–H and O–H groups in total. The van der Waals surface area contributed by atoms with Gasteiger partial charge in [0.1, 0.15) is 5.82 Å². The summed E-state index contributed by atoms with van der Waals surface area (Å²) in [4.78, 5) is 0.250. The van der Waals surface area contributed by atoms with Gasteiger partial charge in [-0.15, -0.1) is 0 Å². The SMILES string of the molecule is NCCCNC1CCS(=O)(=O)c2ccc(F)cc21. The first-order valence-corrected chi connectivity index (χ1v) is 7.65. The van der Waals surface area contributed by atoms with Gasteiger partial charge in [0, 0.05) is 6.04 Å². The van der Waals surface area contributed by atoms with Crippen LogP contribution in [0.25, 0.3) is 0 Å². The minimum Gasteiger partial charge on any atom is -0.330 e. The molecule has 1 unspecified atom stereocenters. The van der Waals surface area contributed by atoms with Crippen molar-refractivity contribution in [1.82, 2.24) is 5.32 Å². The molecule has 6 heteroatoms. The number of halogens is 1. The molecule has 0 radical (unpaired) electrons. The Kier molecular flexibility index (Phi) is 3.99. The summed E-state index contributed by atoms with van der Waals surface area (Å²) in [6.45, 7) is 1.28. The molecule has 0 aromatic heterocycles. The summed E-state index contributed by atoms with van der Waals surface area (Å²) in [6.07, 6.45) is 1.29. The van der Waals surface area contributed by atoms with Crippen molar-refractivity contribution in [3.05, 3.63) is 29.6 Å². The van der Waals surface area contributed by atoms with E-state index in [-0.39, 0.29) is 16.7 Å². The van der Waals surface area contributed by atoms with E-state index in [9.17, 15) is 12.8 Å². The van der Waals surface area contributed by atoms with Crippen molar-refractivity contribution >= 4 is 9.84 Å². The molecular formula is C12H17FN2O2S. The number of nitrogens with one attached hydrogen (secondary N) is 1. The molecule has 2 rings (SSSR count). The molecular weight excluding hydrogens is 255 g/mol. The quantitative estimate of drug-likeness (QED) is 0.633. The number of hydrogen-bond acceptors (Lipinski definition) is 4. The summed E-state index contributed by atoms with van der Waals surface area (Å²) in [5.41, 5.74) is 5.95. The van der Waals surface area contributed by atoms with E-state index >= 15 is 0 Å². The molecule has 4 nitrogen and oxygen atoms in total. The fourth-order valence-corrected chi connectivity index (χ4v) is 3.81. The number of benzene rings is 1.